The van der Waals surface area contributed by atoms with Crippen molar-refractivity contribution in [1.82, 2.24) is 9.97 Å². The van der Waals surface area contributed by atoms with Crippen molar-refractivity contribution < 1.29 is 8.78 Å². The van der Waals surface area contributed by atoms with E-state index < -0.39 is 12.0 Å². The van der Waals surface area contributed by atoms with Gasteiger partial charge in [-0.2, -0.15) is 0 Å². The number of alkyl halides is 1. The minimum absolute atomic E-state index is 0.311. The maximum Gasteiger partial charge on any atom is 0.225 e. The Morgan fingerprint density at radius 1 is 1.36 bits per heavy atom. The molecule has 1 aliphatic heterocycles. The number of nitrogens with zero attached hydrogens (tertiary/aromatic N) is 3. The zero-order chi connectivity index (χ0) is 9.97. The second-order valence-corrected chi connectivity index (χ2v) is 3.39. The second kappa shape index (κ2) is 3.86. The van der Waals surface area contributed by atoms with Crippen LogP contribution in [-0.2, 0) is 0 Å². The van der Waals surface area contributed by atoms with Gasteiger partial charge in [0.1, 0.15) is 6.17 Å². The summed E-state index contributed by atoms with van der Waals surface area (Å²) < 4.78 is 25.5. The van der Waals surface area contributed by atoms with E-state index in [1.54, 1.807) is 4.90 Å². The standard InChI is InChI=1S/C9H11F2N3/c10-7-2-1-3-14(6-7)9-12-4-8(11)5-13-9/h4-5,7H,1-3,6H2. The highest BCUT2D eigenvalue weighted by molar-refractivity contribution is 5.29. The first-order valence-electron chi connectivity index (χ1n) is 4.62. The zero-order valence-corrected chi connectivity index (χ0v) is 7.66. The van der Waals surface area contributed by atoms with E-state index >= 15 is 0 Å². The van der Waals surface area contributed by atoms with Gasteiger partial charge in [-0.25, -0.2) is 18.7 Å². The maximum atomic E-state index is 13.0. The van der Waals surface area contributed by atoms with Crippen LogP contribution in [0.1, 0.15) is 12.8 Å². The normalized spacial score (nSPS) is 22.4. The van der Waals surface area contributed by atoms with Crippen LogP contribution in [0.2, 0.25) is 0 Å². The molecule has 0 amide bonds. The zero-order valence-electron chi connectivity index (χ0n) is 7.66. The van der Waals surface area contributed by atoms with Gasteiger partial charge in [0.2, 0.25) is 5.95 Å². The van der Waals surface area contributed by atoms with Crippen LogP contribution in [0.4, 0.5) is 14.7 Å². The van der Waals surface area contributed by atoms with Crippen LogP contribution < -0.4 is 4.90 Å². The van der Waals surface area contributed by atoms with Crippen LogP contribution in [0.5, 0.6) is 0 Å². The number of aromatic nitrogens is 2. The summed E-state index contributed by atoms with van der Waals surface area (Å²) in [7, 11) is 0. The highest BCUT2D eigenvalue weighted by atomic mass is 19.1. The molecule has 0 bridgehead atoms. The highest BCUT2D eigenvalue weighted by Gasteiger charge is 2.20. The first-order valence-corrected chi connectivity index (χ1v) is 4.62. The fraction of sp³-hybridized carbons (Fsp3) is 0.556. The highest BCUT2D eigenvalue weighted by Crippen LogP contribution is 2.17. The maximum absolute atomic E-state index is 13.0. The SMILES string of the molecule is Fc1cnc(N2CCCC(F)C2)nc1. The molecule has 76 valence electrons. The van der Waals surface area contributed by atoms with Gasteiger partial charge in [-0.15, -0.1) is 0 Å². The van der Waals surface area contributed by atoms with Gasteiger partial charge in [-0.3, -0.25) is 0 Å². The first kappa shape index (κ1) is 9.30. The van der Waals surface area contributed by atoms with E-state index in [9.17, 15) is 8.78 Å². The Labute approximate surface area is 80.8 Å². The molecule has 1 fully saturated rings. The third-order valence-corrected chi connectivity index (χ3v) is 2.25. The molecule has 14 heavy (non-hydrogen) atoms. The van der Waals surface area contributed by atoms with Crippen LogP contribution in [0, 0.1) is 5.82 Å². The molecule has 5 heteroatoms. The molecule has 3 nitrogen and oxygen atoms in total. The molecular weight excluding hydrogens is 188 g/mol. The topological polar surface area (TPSA) is 29.0 Å². The number of halogens is 2. The van der Waals surface area contributed by atoms with Gasteiger partial charge in [-0.05, 0) is 12.8 Å². The van der Waals surface area contributed by atoms with Crippen molar-refractivity contribution in [2.24, 2.45) is 0 Å². The van der Waals surface area contributed by atoms with Gasteiger partial charge in [0, 0.05) is 6.54 Å². The van der Waals surface area contributed by atoms with Crippen molar-refractivity contribution in [2.75, 3.05) is 18.0 Å². The summed E-state index contributed by atoms with van der Waals surface area (Å²) in [6.07, 6.45) is 2.77. The molecule has 0 aliphatic carbocycles. The van der Waals surface area contributed by atoms with Crippen molar-refractivity contribution in [1.29, 1.82) is 0 Å². The summed E-state index contributed by atoms with van der Waals surface area (Å²) in [5, 5.41) is 0. The van der Waals surface area contributed by atoms with Gasteiger partial charge in [0.15, 0.2) is 5.82 Å². The molecule has 0 spiro atoms. The fourth-order valence-electron chi connectivity index (χ4n) is 1.58. The third kappa shape index (κ3) is 1.97. The van der Waals surface area contributed by atoms with E-state index in [1.807, 2.05) is 0 Å². The average Bonchev–Trinajstić information content (AvgIpc) is 2.19. The van der Waals surface area contributed by atoms with Gasteiger partial charge < -0.3 is 4.90 Å². The third-order valence-electron chi connectivity index (χ3n) is 2.25. The van der Waals surface area contributed by atoms with Crippen LogP contribution >= 0.6 is 0 Å². The van der Waals surface area contributed by atoms with Gasteiger partial charge >= 0.3 is 0 Å². The Morgan fingerprint density at radius 3 is 2.71 bits per heavy atom. The van der Waals surface area contributed by atoms with Crippen LogP contribution in [0.25, 0.3) is 0 Å². The molecule has 1 aromatic heterocycles. The lowest BCUT2D eigenvalue weighted by molar-refractivity contribution is 0.285. The quantitative estimate of drug-likeness (QED) is 0.687. The number of hydrogen-bond acceptors (Lipinski definition) is 3. The minimum Gasteiger partial charge on any atom is -0.338 e. The predicted octanol–water partition coefficient (Wildman–Crippen LogP) is 1.55. The molecule has 1 aromatic rings. The lowest BCUT2D eigenvalue weighted by Crippen LogP contribution is -2.37. The van der Waals surface area contributed by atoms with Gasteiger partial charge in [-0.1, -0.05) is 0 Å². The summed E-state index contributed by atoms with van der Waals surface area (Å²) in [5.74, 6) is -0.0590. The lowest BCUT2D eigenvalue weighted by Gasteiger charge is -2.28. The van der Waals surface area contributed by atoms with Crippen molar-refractivity contribution in [3.8, 4) is 0 Å². The number of anilines is 1. The van der Waals surface area contributed by atoms with Crippen molar-refractivity contribution in [3.05, 3.63) is 18.2 Å². The van der Waals surface area contributed by atoms with E-state index in [4.69, 9.17) is 0 Å². The summed E-state index contributed by atoms with van der Waals surface area (Å²) in [4.78, 5) is 9.36. The van der Waals surface area contributed by atoms with E-state index in [2.05, 4.69) is 9.97 Å². The molecule has 0 aromatic carbocycles. The van der Waals surface area contributed by atoms with Crippen LogP contribution in [-0.4, -0.2) is 29.2 Å². The first-order chi connectivity index (χ1) is 6.75. The summed E-state index contributed by atoms with van der Waals surface area (Å²) >= 11 is 0. The number of piperidine rings is 1. The van der Waals surface area contributed by atoms with E-state index in [-0.39, 0.29) is 0 Å². The Morgan fingerprint density at radius 2 is 2.07 bits per heavy atom. The van der Waals surface area contributed by atoms with Gasteiger partial charge in [0.05, 0.1) is 18.9 Å². The molecule has 0 saturated carbocycles. The monoisotopic (exact) mass is 199 g/mol. The van der Waals surface area contributed by atoms with E-state index in [1.165, 1.54) is 0 Å². The van der Waals surface area contributed by atoms with Crippen molar-refractivity contribution in [2.45, 2.75) is 19.0 Å². The van der Waals surface area contributed by atoms with Gasteiger partial charge in [0.25, 0.3) is 0 Å². The fourth-order valence-corrected chi connectivity index (χ4v) is 1.58. The lowest BCUT2D eigenvalue weighted by atomic mass is 10.1. The molecule has 1 atom stereocenters. The minimum atomic E-state index is -0.822. The van der Waals surface area contributed by atoms with Crippen molar-refractivity contribution >= 4 is 5.95 Å². The average molecular weight is 199 g/mol. The Hall–Kier alpha value is -1.26. The Bertz CT molecular complexity index is 301. The summed E-state index contributed by atoms with van der Waals surface area (Å²) in [5.41, 5.74) is 0. The predicted molar refractivity (Wildman–Crippen MR) is 48.3 cm³/mol. The second-order valence-electron chi connectivity index (χ2n) is 3.39. The smallest absolute Gasteiger partial charge is 0.225 e. The molecule has 0 N–H and O–H groups in total. The molecule has 1 unspecified atom stereocenters. The number of rotatable bonds is 1. The largest absolute Gasteiger partial charge is 0.338 e. The number of hydrogen-bond donors (Lipinski definition) is 0. The molecule has 2 rings (SSSR count). The molecular formula is C9H11F2N3. The molecule has 0 radical (unpaired) electrons. The Kier molecular flexibility index (Phi) is 2.56. The molecule has 1 saturated heterocycles. The summed E-state index contributed by atoms with van der Waals surface area (Å²) in [6.45, 7) is 1.05. The molecule has 2 heterocycles. The van der Waals surface area contributed by atoms with Crippen LogP contribution in [0.15, 0.2) is 12.4 Å². The van der Waals surface area contributed by atoms with E-state index in [0.29, 0.717) is 18.9 Å². The molecule has 1 aliphatic rings. The van der Waals surface area contributed by atoms with Crippen molar-refractivity contribution in [3.63, 3.8) is 0 Å². The van der Waals surface area contributed by atoms with Crippen LogP contribution in [0.3, 0.4) is 0 Å². The Balaban J connectivity index is 2.10. The van der Waals surface area contributed by atoms with E-state index in [0.717, 1.165) is 25.4 Å². The summed E-state index contributed by atoms with van der Waals surface area (Å²) in [6, 6.07) is 0.